The molecule has 0 aliphatic carbocycles. The van der Waals surface area contributed by atoms with Crippen molar-refractivity contribution in [3.63, 3.8) is 0 Å². The first-order valence-corrected chi connectivity index (χ1v) is 11.0. The van der Waals surface area contributed by atoms with Crippen molar-refractivity contribution < 1.29 is 13.2 Å². The number of amides is 1. The molecular weight excluding hydrogens is 394 g/mol. The van der Waals surface area contributed by atoms with Gasteiger partial charge in [-0.2, -0.15) is 0 Å². The van der Waals surface area contributed by atoms with Gasteiger partial charge < -0.3 is 5.32 Å². The largest absolute Gasteiger partial charge is 0.326 e. The van der Waals surface area contributed by atoms with Crippen LogP contribution in [0.4, 0.5) is 5.69 Å². The average molecular weight is 414 g/mol. The summed E-state index contributed by atoms with van der Waals surface area (Å²) in [5.74, 6) is 0.646. The molecule has 144 valence electrons. The monoisotopic (exact) mass is 413 g/mol. The molecule has 0 fully saturated rings. The number of primary sulfonamides is 1. The number of rotatable bonds is 7. The molecule has 1 heterocycles. The van der Waals surface area contributed by atoms with Crippen LogP contribution in [0.15, 0.2) is 82.8 Å². The van der Waals surface area contributed by atoms with Crippen molar-refractivity contribution in [2.24, 2.45) is 5.14 Å². The molecule has 3 rings (SSSR count). The Balaban J connectivity index is 1.52. The maximum Gasteiger partial charge on any atom is 0.238 e. The van der Waals surface area contributed by atoms with Crippen molar-refractivity contribution in [3.8, 4) is 0 Å². The Labute approximate surface area is 168 Å². The summed E-state index contributed by atoms with van der Waals surface area (Å²) in [6, 6.07) is 17.5. The first-order valence-electron chi connectivity index (χ1n) is 8.43. The molecule has 2 aromatic carbocycles. The van der Waals surface area contributed by atoms with Crippen LogP contribution in [-0.2, 0) is 27.0 Å². The Hall–Kier alpha value is -2.68. The maximum atomic E-state index is 12.2. The fourth-order valence-corrected chi connectivity index (χ4v) is 3.82. The van der Waals surface area contributed by atoms with Gasteiger partial charge in [0.25, 0.3) is 0 Å². The molecule has 0 saturated carbocycles. The number of sulfonamides is 1. The summed E-state index contributed by atoms with van der Waals surface area (Å²) < 4.78 is 22.5. The van der Waals surface area contributed by atoms with E-state index in [1.807, 2.05) is 42.6 Å². The predicted molar refractivity (Wildman–Crippen MR) is 110 cm³/mol. The van der Waals surface area contributed by atoms with Crippen LogP contribution in [-0.4, -0.2) is 19.3 Å². The number of pyridine rings is 1. The first-order chi connectivity index (χ1) is 13.4. The highest BCUT2D eigenvalue weighted by Crippen LogP contribution is 2.24. The van der Waals surface area contributed by atoms with Crippen LogP contribution in [0, 0.1) is 0 Å². The van der Waals surface area contributed by atoms with E-state index < -0.39 is 10.0 Å². The molecule has 28 heavy (non-hydrogen) atoms. The molecule has 8 heteroatoms. The molecule has 0 aliphatic rings. The van der Waals surface area contributed by atoms with Gasteiger partial charge in [-0.3, -0.25) is 9.78 Å². The Morgan fingerprint density at radius 1 is 1.00 bits per heavy atom. The van der Waals surface area contributed by atoms with Crippen molar-refractivity contribution in [3.05, 3.63) is 84.2 Å². The van der Waals surface area contributed by atoms with Crippen LogP contribution in [0.3, 0.4) is 0 Å². The lowest BCUT2D eigenvalue weighted by molar-refractivity contribution is -0.115. The number of carbonyl (C=O) groups excluding carboxylic acids is 1. The Morgan fingerprint density at radius 3 is 2.32 bits per heavy atom. The van der Waals surface area contributed by atoms with Crippen molar-refractivity contribution in [2.45, 2.75) is 22.0 Å². The van der Waals surface area contributed by atoms with Crippen molar-refractivity contribution in [2.75, 3.05) is 5.32 Å². The number of aromatic nitrogens is 1. The van der Waals surface area contributed by atoms with E-state index in [2.05, 4.69) is 10.3 Å². The second kappa shape index (κ2) is 9.01. The zero-order chi connectivity index (χ0) is 20.0. The number of benzene rings is 2. The molecule has 6 nitrogen and oxygen atoms in total. The molecule has 0 saturated heterocycles. The minimum atomic E-state index is -3.73. The second-order valence-corrected chi connectivity index (χ2v) is 8.70. The number of nitrogens with two attached hydrogens (primary N) is 1. The number of nitrogens with one attached hydrogen (secondary N) is 1. The Morgan fingerprint density at radius 2 is 1.71 bits per heavy atom. The standard InChI is InChI=1S/C20H19N3O3S2/c21-28(25,26)19-9-3-15(4-10-19)12-20(24)23-17-5-7-18(8-6-17)27-14-16-2-1-11-22-13-16/h1-11,13H,12,14H2,(H,23,24)(H2,21,25,26). The normalized spacial score (nSPS) is 11.2. The van der Waals surface area contributed by atoms with Crippen LogP contribution in [0.25, 0.3) is 0 Å². The van der Waals surface area contributed by atoms with E-state index in [1.165, 1.54) is 12.1 Å². The van der Waals surface area contributed by atoms with Crippen molar-refractivity contribution in [1.82, 2.24) is 4.98 Å². The number of nitrogens with zero attached hydrogens (tertiary/aromatic N) is 1. The molecule has 3 N–H and O–H groups in total. The fraction of sp³-hybridized carbons (Fsp3) is 0.100. The molecular formula is C20H19N3O3S2. The smallest absolute Gasteiger partial charge is 0.238 e. The van der Waals surface area contributed by atoms with Gasteiger partial charge in [0.05, 0.1) is 11.3 Å². The number of carbonyl (C=O) groups is 1. The third-order valence-electron chi connectivity index (χ3n) is 3.88. The minimum absolute atomic E-state index is 0.0241. The van der Waals surface area contributed by atoms with Crippen LogP contribution in [0.2, 0.25) is 0 Å². The topological polar surface area (TPSA) is 102 Å². The van der Waals surface area contributed by atoms with Gasteiger partial charge in [-0.05, 0) is 53.6 Å². The zero-order valence-electron chi connectivity index (χ0n) is 14.9. The third kappa shape index (κ3) is 5.91. The molecule has 1 aromatic heterocycles. The van der Waals surface area contributed by atoms with E-state index in [-0.39, 0.29) is 17.2 Å². The van der Waals surface area contributed by atoms with Crippen LogP contribution in [0.5, 0.6) is 0 Å². The predicted octanol–water partition coefficient (Wildman–Crippen LogP) is 3.20. The summed E-state index contributed by atoms with van der Waals surface area (Å²) in [4.78, 5) is 17.4. The summed E-state index contributed by atoms with van der Waals surface area (Å²) in [6.45, 7) is 0. The van der Waals surface area contributed by atoms with E-state index in [0.717, 1.165) is 16.2 Å². The summed E-state index contributed by atoms with van der Waals surface area (Å²) in [7, 11) is -3.73. The molecule has 0 unspecified atom stereocenters. The number of thioether (sulfide) groups is 1. The molecule has 0 bridgehead atoms. The number of anilines is 1. The maximum absolute atomic E-state index is 12.2. The van der Waals surface area contributed by atoms with Crippen molar-refractivity contribution >= 4 is 33.4 Å². The van der Waals surface area contributed by atoms with E-state index >= 15 is 0 Å². The Kier molecular flexibility index (Phi) is 6.45. The van der Waals surface area contributed by atoms with Crippen LogP contribution < -0.4 is 10.5 Å². The number of hydrogen-bond donors (Lipinski definition) is 2. The summed E-state index contributed by atoms with van der Waals surface area (Å²) in [5.41, 5.74) is 2.56. The van der Waals surface area contributed by atoms with Gasteiger partial charge in [-0.1, -0.05) is 18.2 Å². The van der Waals surface area contributed by atoms with E-state index in [9.17, 15) is 13.2 Å². The summed E-state index contributed by atoms with van der Waals surface area (Å²) in [5, 5.41) is 7.90. The van der Waals surface area contributed by atoms with Crippen LogP contribution >= 0.6 is 11.8 Å². The molecule has 1 amide bonds. The van der Waals surface area contributed by atoms with Gasteiger partial charge in [0.15, 0.2) is 0 Å². The molecule has 0 aliphatic heterocycles. The highest BCUT2D eigenvalue weighted by atomic mass is 32.2. The first kappa shape index (κ1) is 20.1. The summed E-state index contributed by atoms with van der Waals surface area (Å²) in [6.07, 6.45) is 3.74. The minimum Gasteiger partial charge on any atom is -0.326 e. The number of hydrogen-bond acceptors (Lipinski definition) is 5. The zero-order valence-corrected chi connectivity index (χ0v) is 16.5. The van der Waals surface area contributed by atoms with Gasteiger partial charge >= 0.3 is 0 Å². The van der Waals surface area contributed by atoms with Gasteiger partial charge in [-0.25, -0.2) is 13.6 Å². The van der Waals surface area contributed by atoms with Gasteiger partial charge in [0, 0.05) is 28.7 Å². The quantitative estimate of drug-likeness (QED) is 0.579. The molecule has 0 atom stereocenters. The lowest BCUT2D eigenvalue weighted by Crippen LogP contribution is -2.15. The molecule has 0 spiro atoms. The molecule has 3 aromatic rings. The van der Waals surface area contributed by atoms with Gasteiger partial charge in [0.2, 0.25) is 15.9 Å². The van der Waals surface area contributed by atoms with Crippen LogP contribution in [0.1, 0.15) is 11.1 Å². The third-order valence-corrected chi connectivity index (χ3v) is 5.90. The van der Waals surface area contributed by atoms with Crippen molar-refractivity contribution in [1.29, 1.82) is 0 Å². The SMILES string of the molecule is NS(=O)(=O)c1ccc(CC(=O)Nc2ccc(SCc3cccnc3)cc2)cc1. The molecule has 0 radical (unpaired) electrons. The van der Waals surface area contributed by atoms with Gasteiger partial charge in [0.1, 0.15) is 0 Å². The Bertz CT molecular complexity index is 1040. The highest BCUT2D eigenvalue weighted by molar-refractivity contribution is 7.98. The average Bonchev–Trinajstić information content (AvgIpc) is 2.68. The summed E-state index contributed by atoms with van der Waals surface area (Å²) >= 11 is 1.69. The lowest BCUT2D eigenvalue weighted by Gasteiger charge is -2.07. The fourth-order valence-electron chi connectivity index (χ4n) is 2.47. The second-order valence-electron chi connectivity index (χ2n) is 6.09. The van der Waals surface area contributed by atoms with E-state index in [4.69, 9.17) is 5.14 Å². The van der Waals surface area contributed by atoms with E-state index in [1.54, 1.807) is 30.1 Å². The van der Waals surface area contributed by atoms with E-state index in [0.29, 0.717) is 11.3 Å². The highest BCUT2D eigenvalue weighted by Gasteiger charge is 2.09. The van der Waals surface area contributed by atoms with Gasteiger partial charge in [-0.15, -0.1) is 11.8 Å². The lowest BCUT2D eigenvalue weighted by atomic mass is 10.1.